The zero-order valence-corrected chi connectivity index (χ0v) is 13.0. The van der Waals surface area contributed by atoms with E-state index in [-0.39, 0.29) is 11.9 Å². The molecule has 1 aliphatic rings. The minimum atomic E-state index is -0.730. The lowest BCUT2D eigenvalue weighted by atomic mass is 10.1. The van der Waals surface area contributed by atoms with Gasteiger partial charge in [-0.15, -0.1) is 0 Å². The molecule has 4 rings (SSSR count). The lowest BCUT2D eigenvalue weighted by Crippen LogP contribution is -2.35. The van der Waals surface area contributed by atoms with Crippen LogP contribution in [0.15, 0.2) is 52.1 Å². The van der Waals surface area contributed by atoms with Gasteiger partial charge >= 0.3 is 11.1 Å². The molecule has 6 nitrogen and oxygen atoms in total. The molecule has 2 aromatic carbocycles. The molecule has 0 radical (unpaired) electrons. The molecular weight excluding hydrogens is 306 g/mol. The average molecular weight is 321 g/mol. The van der Waals surface area contributed by atoms with E-state index in [1.165, 1.54) is 0 Å². The van der Waals surface area contributed by atoms with Crippen LogP contribution in [0.4, 0.5) is 5.69 Å². The summed E-state index contributed by atoms with van der Waals surface area (Å²) in [5.41, 5.74) is 2.03. The van der Waals surface area contributed by atoms with Crippen molar-refractivity contribution in [1.29, 1.82) is 0 Å². The topological polar surface area (TPSA) is 86.0 Å². The number of hydrogen-bond donors (Lipinski definition) is 2. The molecule has 1 unspecified atom stereocenters. The third-order valence-corrected chi connectivity index (χ3v) is 4.40. The van der Waals surface area contributed by atoms with Gasteiger partial charge in [0.2, 0.25) is 0 Å². The van der Waals surface area contributed by atoms with Gasteiger partial charge in [-0.3, -0.25) is 14.4 Å². The van der Waals surface area contributed by atoms with E-state index < -0.39 is 11.1 Å². The summed E-state index contributed by atoms with van der Waals surface area (Å²) in [6.45, 7) is 2.01. The first-order valence-electron chi connectivity index (χ1n) is 7.72. The number of hydrogen-bond acceptors (Lipinski definition) is 3. The van der Waals surface area contributed by atoms with Gasteiger partial charge in [-0.25, -0.2) is 0 Å². The number of amides is 1. The van der Waals surface area contributed by atoms with E-state index in [9.17, 15) is 14.4 Å². The van der Waals surface area contributed by atoms with Gasteiger partial charge in [0.05, 0.1) is 11.0 Å². The molecule has 0 spiro atoms. The highest BCUT2D eigenvalue weighted by molar-refractivity contribution is 6.09. The molecule has 1 aromatic heterocycles. The predicted molar refractivity (Wildman–Crippen MR) is 91.6 cm³/mol. The molecule has 0 bridgehead atoms. The van der Waals surface area contributed by atoms with E-state index in [1.54, 1.807) is 23.1 Å². The molecule has 3 aromatic rings. The maximum absolute atomic E-state index is 13.0. The SMILES string of the molecule is CC1Cc2ccccc2N1C(=O)c1ccc2[nH]c(=O)c(=O)[nH]c2c1. The first-order valence-corrected chi connectivity index (χ1v) is 7.72. The molecule has 2 N–H and O–H groups in total. The summed E-state index contributed by atoms with van der Waals surface area (Å²) < 4.78 is 0. The number of rotatable bonds is 1. The van der Waals surface area contributed by atoms with Crippen LogP contribution in [0.1, 0.15) is 22.8 Å². The second kappa shape index (κ2) is 5.19. The normalized spacial score (nSPS) is 16.4. The molecule has 0 saturated heterocycles. The number of carbonyl (C=O) groups excluding carboxylic acids is 1. The largest absolute Gasteiger partial charge is 0.316 e. The van der Waals surface area contributed by atoms with Crippen molar-refractivity contribution in [3.8, 4) is 0 Å². The van der Waals surface area contributed by atoms with Crippen LogP contribution in [0, 0.1) is 0 Å². The smallest absolute Gasteiger partial charge is 0.314 e. The van der Waals surface area contributed by atoms with E-state index >= 15 is 0 Å². The second-order valence-corrected chi connectivity index (χ2v) is 6.03. The van der Waals surface area contributed by atoms with Crippen molar-refractivity contribution >= 4 is 22.6 Å². The summed E-state index contributed by atoms with van der Waals surface area (Å²) in [6, 6.07) is 12.8. The highest BCUT2D eigenvalue weighted by atomic mass is 16.2. The zero-order chi connectivity index (χ0) is 16.8. The van der Waals surface area contributed by atoms with Crippen LogP contribution in [0.25, 0.3) is 11.0 Å². The van der Waals surface area contributed by atoms with Gasteiger partial charge in [0, 0.05) is 17.3 Å². The van der Waals surface area contributed by atoms with Crippen molar-refractivity contribution in [3.63, 3.8) is 0 Å². The number of nitrogens with one attached hydrogen (secondary N) is 2. The molecular formula is C18H15N3O3. The first-order chi connectivity index (χ1) is 11.5. The van der Waals surface area contributed by atoms with Crippen LogP contribution >= 0.6 is 0 Å². The maximum atomic E-state index is 13.0. The first kappa shape index (κ1) is 14.4. The Bertz CT molecular complexity index is 1080. The minimum Gasteiger partial charge on any atom is -0.316 e. The van der Waals surface area contributed by atoms with Crippen LogP contribution in [-0.4, -0.2) is 21.9 Å². The standard InChI is InChI=1S/C18H15N3O3/c1-10-8-11-4-2-3-5-15(11)21(10)18(24)12-6-7-13-14(9-12)20-17(23)16(22)19-13/h2-7,9-10H,8H2,1H3,(H,19,22)(H,20,23). The van der Waals surface area contributed by atoms with Crippen molar-refractivity contribution in [2.24, 2.45) is 0 Å². The quantitative estimate of drug-likeness (QED) is 0.670. The van der Waals surface area contributed by atoms with Gasteiger partial charge in [0.15, 0.2) is 0 Å². The third-order valence-electron chi connectivity index (χ3n) is 4.40. The lowest BCUT2D eigenvalue weighted by molar-refractivity contribution is 0.0981. The number of benzene rings is 2. The van der Waals surface area contributed by atoms with Gasteiger partial charge in [0.1, 0.15) is 0 Å². The van der Waals surface area contributed by atoms with Crippen LogP contribution < -0.4 is 16.0 Å². The van der Waals surface area contributed by atoms with Crippen LogP contribution in [0.2, 0.25) is 0 Å². The number of fused-ring (bicyclic) bond motifs is 2. The molecule has 0 saturated carbocycles. The van der Waals surface area contributed by atoms with E-state index in [2.05, 4.69) is 9.97 Å². The van der Waals surface area contributed by atoms with Gasteiger partial charge in [0.25, 0.3) is 5.91 Å². The molecule has 24 heavy (non-hydrogen) atoms. The molecule has 0 aliphatic carbocycles. The highest BCUT2D eigenvalue weighted by Gasteiger charge is 2.31. The van der Waals surface area contributed by atoms with Gasteiger partial charge in [-0.2, -0.15) is 0 Å². The Morgan fingerprint density at radius 1 is 1.04 bits per heavy atom. The number of nitrogens with zero attached hydrogens (tertiary/aromatic N) is 1. The van der Waals surface area contributed by atoms with Crippen molar-refractivity contribution in [2.45, 2.75) is 19.4 Å². The number of H-pyrrole nitrogens is 2. The summed E-state index contributed by atoms with van der Waals surface area (Å²) in [7, 11) is 0. The van der Waals surface area contributed by atoms with Gasteiger partial charge < -0.3 is 14.9 Å². The number of aromatic nitrogens is 2. The Balaban J connectivity index is 1.80. The Kier molecular flexibility index (Phi) is 3.13. The summed E-state index contributed by atoms with van der Waals surface area (Å²) >= 11 is 0. The summed E-state index contributed by atoms with van der Waals surface area (Å²) in [5, 5.41) is 0. The van der Waals surface area contributed by atoms with Crippen molar-refractivity contribution in [3.05, 3.63) is 74.3 Å². The van der Waals surface area contributed by atoms with Crippen molar-refractivity contribution in [2.75, 3.05) is 4.90 Å². The van der Waals surface area contributed by atoms with Crippen LogP contribution in [0.5, 0.6) is 0 Å². The van der Waals surface area contributed by atoms with E-state index in [0.717, 1.165) is 17.7 Å². The van der Waals surface area contributed by atoms with Crippen LogP contribution in [-0.2, 0) is 6.42 Å². The average Bonchev–Trinajstić information content (AvgIpc) is 2.90. The number of anilines is 1. The van der Waals surface area contributed by atoms with Gasteiger partial charge in [-0.1, -0.05) is 18.2 Å². The van der Waals surface area contributed by atoms with E-state index in [0.29, 0.717) is 16.6 Å². The molecule has 0 fully saturated rings. The fourth-order valence-electron chi connectivity index (χ4n) is 3.26. The summed E-state index contributed by atoms with van der Waals surface area (Å²) in [5.74, 6) is -0.124. The summed E-state index contributed by atoms with van der Waals surface area (Å²) in [6.07, 6.45) is 0.819. The molecule has 1 amide bonds. The number of carbonyl (C=O) groups is 1. The van der Waals surface area contributed by atoms with Crippen molar-refractivity contribution in [1.82, 2.24) is 9.97 Å². The van der Waals surface area contributed by atoms with Crippen LogP contribution in [0.3, 0.4) is 0 Å². The molecule has 1 aliphatic heterocycles. The summed E-state index contributed by atoms with van der Waals surface area (Å²) in [4.78, 5) is 42.6. The Morgan fingerprint density at radius 2 is 1.75 bits per heavy atom. The fraction of sp³-hybridized carbons (Fsp3) is 0.167. The third kappa shape index (κ3) is 2.15. The zero-order valence-electron chi connectivity index (χ0n) is 13.0. The number of para-hydroxylation sites is 1. The Labute approximate surface area is 136 Å². The van der Waals surface area contributed by atoms with Gasteiger partial charge in [-0.05, 0) is 43.2 Å². The Morgan fingerprint density at radius 3 is 2.54 bits per heavy atom. The Hall–Kier alpha value is -3.15. The molecule has 120 valence electrons. The lowest BCUT2D eigenvalue weighted by Gasteiger charge is -2.23. The molecule has 1 atom stereocenters. The van der Waals surface area contributed by atoms with E-state index in [1.807, 2.05) is 31.2 Å². The minimum absolute atomic E-state index is 0.0697. The fourth-order valence-corrected chi connectivity index (χ4v) is 3.26. The number of aromatic amines is 2. The monoisotopic (exact) mass is 321 g/mol. The molecule has 2 heterocycles. The van der Waals surface area contributed by atoms with E-state index in [4.69, 9.17) is 0 Å². The van der Waals surface area contributed by atoms with Crippen molar-refractivity contribution < 1.29 is 4.79 Å². The second-order valence-electron chi connectivity index (χ2n) is 6.03. The highest BCUT2D eigenvalue weighted by Crippen LogP contribution is 2.33. The maximum Gasteiger partial charge on any atom is 0.314 e. The molecule has 6 heteroatoms. The predicted octanol–water partition coefficient (Wildman–Crippen LogP) is 1.81.